The van der Waals surface area contributed by atoms with Crippen LogP contribution in [-0.4, -0.2) is 57.9 Å². The first-order valence-electron chi connectivity index (χ1n) is 7.20. The van der Waals surface area contributed by atoms with E-state index in [1.54, 1.807) is 6.07 Å². The number of nitrogens with one attached hydrogen (secondary N) is 1. The van der Waals surface area contributed by atoms with Crippen LogP contribution in [-0.2, 0) is 9.53 Å². The van der Waals surface area contributed by atoms with Gasteiger partial charge in [-0.15, -0.1) is 0 Å². The lowest BCUT2D eigenvalue weighted by molar-refractivity contribution is -0.138. The number of nitrogens with zero attached hydrogens (tertiary/aromatic N) is 2. The molecule has 1 amide bonds. The van der Waals surface area contributed by atoms with E-state index in [0.29, 0.717) is 31.4 Å². The molecule has 2 heterocycles. The Morgan fingerprint density at radius 1 is 1.32 bits per heavy atom. The van der Waals surface area contributed by atoms with E-state index in [9.17, 15) is 9.59 Å². The van der Waals surface area contributed by atoms with Gasteiger partial charge in [0.2, 0.25) is 0 Å². The molecule has 1 fully saturated rings. The lowest BCUT2D eigenvalue weighted by Crippen LogP contribution is -2.46. The van der Waals surface area contributed by atoms with Crippen LogP contribution in [0.4, 0.5) is 0 Å². The van der Waals surface area contributed by atoms with Crippen molar-refractivity contribution in [2.75, 3.05) is 19.8 Å². The second-order valence-electron chi connectivity index (χ2n) is 5.29. The van der Waals surface area contributed by atoms with Gasteiger partial charge < -0.3 is 14.7 Å². The molecule has 1 aromatic carbocycles. The largest absolute Gasteiger partial charge is 0.480 e. The van der Waals surface area contributed by atoms with Crippen LogP contribution in [0, 0.1) is 0 Å². The van der Waals surface area contributed by atoms with Gasteiger partial charge in [-0.25, -0.2) is 0 Å². The summed E-state index contributed by atoms with van der Waals surface area (Å²) in [5.74, 6) is -1.38. The number of aromatic nitrogens is 2. The summed E-state index contributed by atoms with van der Waals surface area (Å²) in [6.07, 6.45) is 1.28. The monoisotopic (exact) mass is 303 g/mol. The van der Waals surface area contributed by atoms with Gasteiger partial charge in [-0.2, -0.15) is 5.10 Å². The molecule has 1 saturated heterocycles. The number of rotatable bonds is 4. The highest BCUT2D eigenvalue weighted by atomic mass is 16.5. The molecule has 0 bridgehead atoms. The molecular weight excluding hydrogens is 286 g/mol. The fourth-order valence-electron chi connectivity index (χ4n) is 2.77. The minimum Gasteiger partial charge on any atom is -0.480 e. The average Bonchev–Trinajstić information content (AvgIpc) is 2.97. The maximum absolute atomic E-state index is 12.8. The van der Waals surface area contributed by atoms with E-state index in [4.69, 9.17) is 9.84 Å². The van der Waals surface area contributed by atoms with E-state index in [1.807, 2.05) is 18.2 Å². The highest BCUT2D eigenvalue weighted by Gasteiger charge is 2.30. The van der Waals surface area contributed by atoms with Crippen LogP contribution in [0.1, 0.15) is 23.3 Å². The predicted octanol–water partition coefficient (Wildman–Crippen LogP) is 1.27. The number of carboxylic acid groups (broad SMARTS) is 1. The molecule has 1 aromatic heterocycles. The number of fused-ring (bicyclic) bond motifs is 1. The number of aliphatic carboxylic acids is 1. The maximum atomic E-state index is 12.8. The van der Waals surface area contributed by atoms with Crippen molar-refractivity contribution in [1.82, 2.24) is 15.1 Å². The fraction of sp³-hybridized carbons (Fsp3) is 0.400. The van der Waals surface area contributed by atoms with Crippen molar-refractivity contribution in [3.05, 3.63) is 30.0 Å². The summed E-state index contributed by atoms with van der Waals surface area (Å²) in [5, 5.41) is 16.7. The van der Waals surface area contributed by atoms with Crippen LogP contribution in [0.2, 0.25) is 0 Å². The van der Waals surface area contributed by atoms with Gasteiger partial charge in [-0.1, -0.05) is 18.2 Å². The van der Waals surface area contributed by atoms with Crippen LogP contribution in [0.15, 0.2) is 24.3 Å². The summed E-state index contributed by atoms with van der Waals surface area (Å²) in [6.45, 7) is 0.745. The maximum Gasteiger partial charge on any atom is 0.323 e. The van der Waals surface area contributed by atoms with Crippen molar-refractivity contribution >= 4 is 22.8 Å². The fourth-order valence-corrected chi connectivity index (χ4v) is 2.77. The highest BCUT2D eigenvalue weighted by Crippen LogP contribution is 2.21. The zero-order chi connectivity index (χ0) is 15.5. The van der Waals surface area contributed by atoms with E-state index in [0.717, 1.165) is 5.52 Å². The summed E-state index contributed by atoms with van der Waals surface area (Å²) in [7, 11) is 0. The molecule has 0 spiro atoms. The van der Waals surface area contributed by atoms with E-state index in [2.05, 4.69) is 10.2 Å². The lowest BCUT2D eigenvalue weighted by Gasteiger charge is -2.32. The smallest absolute Gasteiger partial charge is 0.323 e. The molecule has 22 heavy (non-hydrogen) atoms. The summed E-state index contributed by atoms with van der Waals surface area (Å²) >= 11 is 0. The number of ether oxygens (including phenoxy) is 1. The van der Waals surface area contributed by atoms with Crippen LogP contribution in [0.3, 0.4) is 0 Å². The minimum atomic E-state index is -1.03. The Hall–Kier alpha value is -2.41. The van der Waals surface area contributed by atoms with Gasteiger partial charge in [0.25, 0.3) is 5.91 Å². The third-order valence-electron chi connectivity index (χ3n) is 3.87. The van der Waals surface area contributed by atoms with Gasteiger partial charge in [0, 0.05) is 24.6 Å². The Morgan fingerprint density at radius 3 is 2.77 bits per heavy atom. The van der Waals surface area contributed by atoms with E-state index >= 15 is 0 Å². The molecule has 0 unspecified atom stereocenters. The SMILES string of the molecule is O=C(O)CN(C(=O)c1n[nH]c2ccccc12)C1CCOCC1. The number of hydrogen-bond acceptors (Lipinski definition) is 4. The molecule has 7 nitrogen and oxygen atoms in total. The second-order valence-corrected chi connectivity index (χ2v) is 5.29. The molecule has 1 aliphatic rings. The van der Waals surface area contributed by atoms with E-state index < -0.39 is 5.97 Å². The van der Waals surface area contributed by atoms with Gasteiger partial charge in [-0.05, 0) is 18.9 Å². The Bertz CT molecular complexity index is 691. The normalized spacial score (nSPS) is 15.8. The second kappa shape index (κ2) is 6.15. The lowest BCUT2D eigenvalue weighted by atomic mass is 10.1. The van der Waals surface area contributed by atoms with Crippen molar-refractivity contribution in [2.24, 2.45) is 0 Å². The first-order valence-corrected chi connectivity index (χ1v) is 7.20. The van der Waals surface area contributed by atoms with Gasteiger partial charge in [-0.3, -0.25) is 14.7 Å². The molecule has 1 aliphatic heterocycles. The molecule has 0 radical (unpaired) electrons. The zero-order valence-electron chi connectivity index (χ0n) is 12.0. The summed E-state index contributed by atoms with van der Waals surface area (Å²) in [4.78, 5) is 25.3. The molecule has 116 valence electrons. The number of H-pyrrole nitrogens is 1. The minimum absolute atomic E-state index is 0.132. The van der Waals surface area contributed by atoms with Crippen molar-refractivity contribution in [3.63, 3.8) is 0 Å². The van der Waals surface area contributed by atoms with Crippen LogP contribution < -0.4 is 0 Å². The van der Waals surface area contributed by atoms with Gasteiger partial charge >= 0.3 is 5.97 Å². The topological polar surface area (TPSA) is 95.5 Å². The number of benzene rings is 1. The number of aromatic amines is 1. The third kappa shape index (κ3) is 2.80. The van der Waals surface area contributed by atoms with Gasteiger partial charge in [0.15, 0.2) is 5.69 Å². The zero-order valence-corrected chi connectivity index (χ0v) is 12.0. The van der Waals surface area contributed by atoms with Crippen molar-refractivity contribution in [3.8, 4) is 0 Å². The van der Waals surface area contributed by atoms with Crippen LogP contribution in [0.5, 0.6) is 0 Å². The molecule has 2 aromatic rings. The first kappa shape index (κ1) is 14.5. The Kier molecular flexibility index (Phi) is 4.06. The molecular formula is C15H17N3O4. The van der Waals surface area contributed by atoms with Crippen LogP contribution in [0.25, 0.3) is 10.9 Å². The number of carbonyl (C=O) groups is 2. The average molecular weight is 303 g/mol. The number of hydrogen-bond donors (Lipinski definition) is 2. The van der Waals surface area contributed by atoms with Gasteiger partial charge in [0.05, 0.1) is 5.52 Å². The number of carboxylic acids is 1. The number of amides is 1. The quantitative estimate of drug-likeness (QED) is 0.886. The third-order valence-corrected chi connectivity index (χ3v) is 3.87. The standard InChI is InChI=1S/C15H17N3O4/c19-13(20)9-18(10-5-7-22-8-6-10)15(21)14-11-3-1-2-4-12(11)16-17-14/h1-4,10H,5-9H2,(H,16,17)(H,19,20). The Labute approximate surface area is 126 Å². The Morgan fingerprint density at radius 2 is 2.05 bits per heavy atom. The molecule has 3 rings (SSSR count). The van der Waals surface area contributed by atoms with Crippen LogP contribution >= 0.6 is 0 Å². The number of carbonyl (C=O) groups excluding carboxylic acids is 1. The number of para-hydroxylation sites is 1. The molecule has 7 heteroatoms. The summed E-state index contributed by atoms with van der Waals surface area (Å²) in [6, 6.07) is 7.17. The molecule has 2 N–H and O–H groups in total. The van der Waals surface area contributed by atoms with E-state index in [-0.39, 0.29) is 24.2 Å². The van der Waals surface area contributed by atoms with Crippen molar-refractivity contribution < 1.29 is 19.4 Å². The van der Waals surface area contributed by atoms with Crippen molar-refractivity contribution in [1.29, 1.82) is 0 Å². The predicted molar refractivity (Wildman–Crippen MR) is 78.6 cm³/mol. The summed E-state index contributed by atoms with van der Waals surface area (Å²) < 4.78 is 5.29. The van der Waals surface area contributed by atoms with Crippen molar-refractivity contribution in [2.45, 2.75) is 18.9 Å². The van der Waals surface area contributed by atoms with Gasteiger partial charge in [0.1, 0.15) is 6.54 Å². The Balaban J connectivity index is 1.92. The van der Waals surface area contributed by atoms with E-state index in [1.165, 1.54) is 4.90 Å². The molecule has 0 saturated carbocycles. The molecule has 0 atom stereocenters. The first-order chi connectivity index (χ1) is 10.7. The summed E-state index contributed by atoms with van der Waals surface area (Å²) in [5.41, 5.74) is 1.02. The highest BCUT2D eigenvalue weighted by molar-refractivity contribution is 6.05. The molecule has 0 aliphatic carbocycles.